The Morgan fingerprint density at radius 3 is 2.58 bits per heavy atom. The summed E-state index contributed by atoms with van der Waals surface area (Å²) in [6.45, 7) is 6.04. The van der Waals surface area contributed by atoms with Gasteiger partial charge in [-0.05, 0) is 24.4 Å². The fraction of sp³-hybridized carbons (Fsp3) is 0.571. The standard InChI is InChI=1S/C14H20N2O2S/c1-12(17)16-9-7-15(8-10-16)6-2-4-13(18)14-5-3-11-19-14/h3,5,11H,2,4,6-10H2,1H3. The minimum atomic E-state index is 0.160. The maximum absolute atomic E-state index is 11.8. The summed E-state index contributed by atoms with van der Waals surface area (Å²) in [5.74, 6) is 0.407. The highest BCUT2D eigenvalue weighted by atomic mass is 32.1. The summed E-state index contributed by atoms with van der Waals surface area (Å²) in [7, 11) is 0. The molecule has 1 aliphatic rings. The van der Waals surface area contributed by atoms with Gasteiger partial charge in [0.05, 0.1) is 4.88 Å². The summed E-state index contributed by atoms with van der Waals surface area (Å²) in [5.41, 5.74) is 0. The molecule has 0 unspecified atom stereocenters. The van der Waals surface area contributed by atoms with Crippen molar-refractivity contribution < 1.29 is 9.59 Å². The minimum absolute atomic E-state index is 0.160. The number of piperazine rings is 1. The molecule has 19 heavy (non-hydrogen) atoms. The van der Waals surface area contributed by atoms with Crippen molar-refractivity contribution in [3.63, 3.8) is 0 Å². The van der Waals surface area contributed by atoms with Crippen LogP contribution in [0.25, 0.3) is 0 Å². The number of hydrogen-bond acceptors (Lipinski definition) is 4. The number of ketones is 1. The maximum atomic E-state index is 11.8. The Bertz CT molecular complexity index is 423. The first-order valence-corrected chi connectivity index (χ1v) is 7.59. The van der Waals surface area contributed by atoms with Gasteiger partial charge in [-0.3, -0.25) is 14.5 Å². The van der Waals surface area contributed by atoms with Gasteiger partial charge in [0.15, 0.2) is 5.78 Å². The molecule has 4 nitrogen and oxygen atoms in total. The summed E-state index contributed by atoms with van der Waals surface area (Å²) in [4.78, 5) is 28.1. The molecule has 1 amide bonds. The van der Waals surface area contributed by atoms with E-state index >= 15 is 0 Å². The fourth-order valence-electron chi connectivity index (χ4n) is 2.31. The molecule has 0 saturated carbocycles. The molecule has 5 heteroatoms. The van der Waals surface area contributed by atoms with Crippen molar-refractivity contribution in [3.05, 3.63) is 22.4 Å². The van der Waals surface area contributed by atoms with E-state index in [0.717, 1.165) is 44.0 Å². The Balaban J connectivity index is 1.65. The van der Waals surface area contributed by atoms with E-state index in [2.05, 4.69) is 4.90 Å². The van der Waals surface area contributed by atoms with Gasteiger partial charge in [-0.2, -0.15) is 0 Å². The van der Waals surface area contributed by atoms with E-state index in [1.54, 1.807) is 6.92 Å². The number of rotatable bonds is 5. The zero-order valence-corrected chi connectivity index (χ0v) is 12.1. The third-order valence-corrected chi connectivity index (χ3v) is 4.40. The van der Waals surface area contributed by atoms with Crippen LogP contribution >= 0.6 is 11.3 Å². The van der Waals surface area contributed by atoms with Crippen LogP contribution in [0.2, 0.25) is 0 Å². The summed E-state index contributed by atoms with van der Waals surface area (Å²) in [6.07, 6.45) is 1.52. The molecule has 0 spiro atoms. The molecule has 0 aromatic carbocycles. The highest BCUT2D eigenvalue weighted by molar-refractivity contribution is 7.12. The van der Waals surface area contributed by atoms with Gasteiger partial charge in [0.25, 0.3) is 0 Å². The second-order valence-corrected chi connectivity index (χ2v) is 5.80. The van der Waals surface area contributed by atoms with Crippen LogP contribution in [0, 0.1) is 0 Å². The molecule has 2 heterocycles. The lowest BCUT2D eigenvalue weighted by Gasteiger charge is -2.34. The molecule has 0 N–H and O–H groups in total. The molecule has 104 valence electrons. The van der Waals surface area contributed by atoms with E-state index in [9.17, 15) is 9.59 Å². The van der Waals surface area contributed by atoms with Crippen LogP contribution < -0.4 is 0 Å². The van der Waals surface area contributed by atoms with Crippen molar-refractivity contribution in [2.45, 2.75) is 19.8 Å². The lowest BCUT2D eigenvalue weighted by atomic mass is 10.2. The number of carbonyl (C=O) groups excluding carboxylic acids is 2. The van der Waals surface area contributed by atoms with Gasteiger partial charge >= 0.3 is 0 Å². The van der Waals surface area contributed by atoms with Gasteiger partial charge in [-0.1, -0.05) is 6.07 Å². The lowest BCUT2D eigenvalue weighted by molar-refractivity contribution is -0.130. The van der Waals surface area contributed by atoms with Gasteiger partial charge in [-0.15, -0.1) is 11.3 Å². The Kier molecular flexibility index (Phi) is 5.10. The number of hydrogen-bond donors (Lipinski definition) is 0. The molecule has 1 aromatic heterocycles. The van der Waals surface area contributed by atoms with Crippen molar-refractivity contribution in [3.8, 4) is 0 Å². The summed E-state index contributed by atoms with van der Waals surface area (Å²) >= 11 is 1.51. The van der Waals surface area contributed by atoms with Gasteiger partial charge in [0.2, 0.25) is 5.91 Å². The van der Waals surface area contributed by atoms with E-state index in [1.807, 2.05) is 22.4 Å². The Labute approximate surface area is 118 Å². The highest BCUT2D eigenvalue weighted by Gasteiger charge is 2.18. The van der Waals surface area contributed by atoms with Crippen LogP contribution in [0.3, 0.4) is 0 Å². The monoisotopic (exact) mass is 280 g/mol. The van der Waals surface area contributed by atoms with Crippen molar-refractivity contribution in [2.75, 3.05) is 32.7 Å². The summed E-state index contributed by atoms with van der Waals surface area (Å²) in [6, 6.07) is 3.80. The van der Waals surface area contributed by atoms with E-state index < -0.39 is 0 Å². The molecule has 0 radical (unpaired) electrons. The quantitative estimate of drug-likeness (QED) is 0.773. The molecule has 1 saturated heterocycles. The predicted molar refractivity (Wildman–Crippen MR) is 76.6 cm³/mol. The lowest BCUT2D eigenvalue weighted by Crippen LogP contribution is -2.48. The van der Waals surface area contributed by atoms with E-state index in [4.69, 9.17) is 0 Å². The van der Waals surface area contributed by atoms with Crippen LogP contribution in [0.5, 0.6) is 0 Å². The van der Waals surface area contributed by atoms with E-state index in [1.165, 1.54) is 11.3 Å². The predicted octanol–water partition coefficient (Wildman–Crippen LogP) is 1.88. The van der Waals surface area contributed by atoms with Crippen molar-refractivity contribution >= 4 is 23.0 Å². The molecule has 0 atom stereocenters. The zero-order valence-electron chi connectivity index (χ0n) is 11.3. The van der Waals surface area contributed by atoms with Crippen molar-refractivity contribution in [1.82, 2.24) is 9.80 Å². The second-order valence-electron chi connectivity index (χ2n) is 4.85. The average Bonchev–Trinajstić information content (AvgIpc) is 2.93. The first-order valence-electron chi connectivity index (χ1n) is 6.71. The third-order valence-electron chi connectivity index (χ3n) is 3.49. The van der Waals surface area contributed by atoms with Crippen LogP contribution in [0.1, 0.15) is 29.4 Å². The van der Waals surface area contributed by atoms with E-state index in [-0.39, 0.29) is 11.7 Å². The molecule has 1 aromatic rings. The molecule has 0 aliphatic carbocycles. The first kappa shape index (κ1) is 14.2. The minimum Gasteiger partial charge on any atom is -0.340 e. The number of thiophene rings is 1. The van der Waals surface area contributed by atoms with Gasteiger partial charge in [0.1, 0.15) is 0 Å². The van der Waals surface area contributed by atoms with Gasteiger partial charge in [0, 0.05) is 39.5 Å². The smallest absolute Gasteiger partial charge is 0.219 e. The molecule has 1 fully saturated rings. The number of amides is 1. The fourth-order valence-corrected chi connectivity index (χ4v) is 3.00. The molecule has 0 bridgehead atoms. The highest BCUT2D eigenvalue weighted by Crippen LogP contribution is 2.13. The number of Topliss-reactive ketones (excluding diaryl/α,β-unsaturated/α-hetero) is 1. The summed E-state index contributed by atoms with van der Waals surface area (Å²) < 4.78 is 0. The number of nitrogens with zero attached hydrogens (tertiary/aromatic N) is 2. The Hall–Kier alpha value is -1.20. The average molecular weight is 280 g/mol. The second kappa shape index (κ2) is 6.82. The van der Waals surface area contributed by atoms with Gasteiger partial charge < -0.3 is 4.90 Å². The number of carbonyl (C=O) groups is 2. The summed E-state index contributed by atoms with van der Waals surface area (Å²) in [5, 5.41) is 1.94. The first-order chi connectivity index (χ1) is 9.16. The van der Waals surface area contributed by atoms with Crippen LogP contribution in [0.4, 0.5) is 0 Å². The topological polar surface area (TPSA) is 40.6 Å². The third kappa shape index (κ3) is 4.14. The largest absolute Gasteiger partial charge is 0.340 e. The van der Waals surface area contributed by atoms with Crippen molar-refractivity contribution in [2.24, 2.45) is 0 Å². The SMILES string of the molecule is CC(=O)N1CCN(CCCC(=O)c2cccs2)CC1. The van der Waals surface area contributed by atoms with Crippen LogP contribution in [0.15, 0.2) is 17.5 Å². The zero-order chi connectivity index (χ0) is 13.7. The normalized spacial score (nSPS) is 16.6. The van der Waals surface area contributed by atoms with Crippen LogP contribution in [-0.2, 0) is 4.79 Å². The molecular formula is C14H20N2O2S. The molecule has 1 aliphatic heterocycles. The molecule has 2 rings (SSSR count). The van der Waals surface area contributed by atoms with E-state index in [0.29, 0.717) is 6.42 Å². The van der Waals surface area contributed by atoms with Crippen LogP contribution in [-0.4, -0.2) is 54.2 Å². The molecular weight excluding hydrogens is 260 g/mol. The van der Waals surface area contributed by atoms with Crippen molar-refractivity contribution in [1.29, 1.82) is 0 Å². The Morgan fingerprint density at radius 1 is 1.26 bits per heavy atom. The Morgan fingerprint density at radius 2 is 2.00 bits per heavy atom. The maximum Gasteiger partial charge on any atom is 0.219 e. The van der Waals surface area contributed by atoms with Gasteiger partial charge in [-0.25, -0.2) is 0 Å².